The van der Waals surface area contributed by atoms with E-state index >= 15 is 0 Å². The van der Waals surface area contributed by atoms with Crippen LogP contribution in [0.1, 0.15) is 12.5 Å². The summed E-state index contributed by atoms with van der Waals surface area (Å²) in [7, 11) is 0. The van der Waals surface area contributed by atoms with Gasteiger partial charge < -0.3 is 11.1 Å². The van der Waals surface area contributed by atoms with Crippen LogP contribution in [0.4, 0.5) is 18.9 Å². The van der Waals surface area contributed by atoms with Crippen LogP contribution >= 0.6 is 0 Å². The molecular formula is C12H13F3N2O2. The number of nitrogens with one attached hydrogen (secondary N) is 1. The Morgan fingerprint density at radius 1 is 1.32 bits per heavy atom. The molecule has 0 aliphatic carbocycles. The molecule has 0 fully saturated rings. The number of ketones is 1. The average Bonchev–Trinajstić information content (AvgIpc) is 2.29. The molecule has 7 heteroatoms. The third-order valence-corrected chi connectivity index (χ3v) is 2.42. The number of amides is 1. The van der Waals surface area contributed by atoms with Crippen molar-refractivity contribution in [1.29, 1.82) is 0 Å². The molecule has 0 heterocycles. The van der Waals surface area contributed by atoms with Gasteiger partial charge in [-0.05, 0) is 25.0 Å². The van der Waals surface area contributed by atoms with Gasteiger partial charge in [-0.15, -0.1) is 0 Å². The maximum absolute atomic E-state index is 12.0. The Balaban J connectivity index is 2.62. The van der Waals surface area contributed by atoms with Crippen LogP contribution in [0.3, 0.4) is 0 Å². The number of carbonyl (C=O) groups is 2. The summed E-state index contributed by atoms with van der Waals surface area (Å²) >= 11 is 0. The third-order valence-electron chi connectivity index (χ3n) is 2.42. The zero-order valence-electron chi connectivity index (χ0n) is 10.1. The minimum Gasteiger partial charge on any atom is -0.399 e. The van der Waals surface area contributed by atoms with Gasteiger partial charge in [-0.2, -0.15) is 13.2 Å². The Morgan fingerprint density at radius 3 is 2.42 bits per heavy atom. The number of anilines is 1. The van der Waals surface area contributed by atoms with Crippen molar-refractivity contribution in [2.45, 2.75) is 25.6 Å². The number of rotatable bonds is 4. The first-order chi connectivity index (χ1) is 8.71. The van der Waals surface area contributed by atoms with Crippen LogP contribution in [0.15, 0.2) is 24.3 Å². The number of hydrogen-bond acceptors (Lipinski definition) is 3. The highest BCUT2D eigenvalue weighted by Gasteiger charge is 2.43. The Morgan fingerprint density at radius 2 is 1.89 bits per heavy atom. The van der Waals surface area contributed by atoms with Gasteiger partial charge in [-0.1, -0.05) is 18.2 Å². The lowest BCUT2D eigenvalue weighted by Gasteiger charge is -2.15. The van der Waals surface area contributed by atoms with Gasteiger partial charge in [0, 0.05) is 11.7 Å². The van der Waals surface area contributed by atoms with E-state index < -0.39 is 23.9 Å². The Kier molecular flexibility index (Phi) is 4.52. The van der Waals surface area contributed by atoms with Crippen LogP contribution in [-0.2, 0) is 16.0 Å². The fourth-order valence-electron chi connectivity index (χ4n) is 1.52. The SMILES string of the molecule is CC(Cc1ccccc1N)NC(=O)C(=O)C(F)(F)F. The summed E-state index contributed by atoms with van der Waals surface area (Å²) in [5, 5.41) is 2.00. The summed E-state index contributed by atoms with van der Waals surface area (Å²) < 4.78 is 36.0. The molecule has 4 nitrogen and oxygen atoms in total. The second-order valence-electron chi connectivity index (χ2n) is 4.10. The van der Waals surface area contributed by atoms with E-state index in [0.29, 0.717) is 11.3 Å². The molecule has 0 radical (unpaired) electrons. The zero-order chi connectivity index (χ0) is 14.6. The number of benzene rings is 1. The lowest BCUT2D eigenvalue weighted by molar-refractivity contribution is -0.175. The first-order valence-corrected chi connectivity index (χ1v) is 5.47. The van der Waals surface area contributed by atoms with Crippen LogP contribution in [0.25, 0.3) is 0 Å². The van der Waals surface area contributed by atoms with Gasteiger partial charge in [0.1, 0.15) is 0 Å². The lowest BCUT2D eigenvalue weighted by atomic mass is 10.1. The number of alkyl halides is 3. The molecule has 3 N–H and O–H groups in total. The van der Waals surface area contributed by atoms with Gasteiger partial charge in [0.25, 0.3) is 5.91 Å². The highest BCUT2D eigenvalue weighted by Crippen LogP contribution is 2.16. The second-order valence-corrected chi connectivity index (χ2v) is 4.10. The van der Waals surface area contributed by atoms with E-state index in [1.807, 2.05) is 5.32 Å². The molecule has 0 spiro atoms. The number of Topliss-reactive ketones (excluding diaryl/α,β-unsaturated/α-hetero) is 1. The fraction of sp³-hybridized carbons (Fsp3) is 0.333. The van der Waals surface area contributed by atoms with Gasteiger partial charge in [0.15, 0.2) is 0 Å². The molecule has 1 amide bonds. The van der Waals surface area contributed by atoms with Crippen LogP contribution in [0.2, 0.25) is 0 Å². The van der Waals surface area contributed by atoms with Crippen molar-refractivity contribution in [2.75, 3.05) is 5.73 Å². The molecular weight excluding hydrogens is 261 g/mol. The number of para-hydroxylation sites is 1. The van der Waals surface area contributed by atoms with Crippen molar-refractivity contribution in [3.8, 4) is 0 Å². The average molecular weight is 274 g/mol. The Bertz CT molecular complexity index is 486. The predicted octanol–water partition coefficient (Wildman–Crippen LogP) is 1.45. The van der Waals surface area contributed by atoms with Crippen molar-refractivity contribution in [1.82, 2.24) is 5.32 Å². The number of halogens is 3. The lowest BCUT2D eigenvalue weighted by Crippen LogP contribution is -2.44. The highest BCUT2D eigenvalue weighted by molar-refractivity contribution is 6.38. The van der Waals surface area contributed by atoms with Gasteiger partial charge in [-0.3, -0.25) is 9.59 Å². The molecule has 1 rings (SSSR count). The molecule has 0 aromatic heterocycles. The van der Waals surface area contributed by atoms with E-state index in [1.165, 1.54) is 6.92 Å². The third kappa shape index (κ3) is 4.27. The number of nitrogens with two attached hydrogens (primary N) is 1. The molecule has 1 unspecified atom stereocenters. The molecule has 0 aliphatic rings. The van der Waals surface area contributed by atoms with Crippen molar-refractivity contribution >= 4 is 17.4 Å². The van der Waals surface area contributed by atoms with Gasteiger partial charge in [-0.25, -0.2) is 0 Å². The second kappa shape index (κ2) is 5.73. The number of hydrogen-bond donors (Lipinski definition) is 2. The summed E-state index contributed by atoms with van der Waals surface area (Å²) in [6.07, 6.45) is -4.92. The normalized spacial score (nSPS) is 12.8. The Hall–Kier alpha value is -2.05. The summed E-state index contributed by atoms with van der Waals surface area (Å²) in [6, 6.07) is 6.15. The largest absolute Gasteiger partial charge is 0.460 e. The number of nitrogen functional groups attached to an aromatic ring is 1. The van der Waals surface area contributed by atoms with E-state index in [1.54, 1.807) is 24.3 Å². The first kappa shape index (κ1) is 15.0. The van der Waals surface area contributed by atoms with Crippen molar-refractivity contribution in [3.05, 3.63) is 29.8 Å². The predicted molar refractivity (Wildman–Crippen MR) is 63.2 cm³/mol. The molecule has 1 aromatic rings. The van der Waals surface area contributed by atoms with E-state index in [-0.39, 0.29) is 6.42 Å². The molecule has 19 heavy (non-hydrogen) atoms. The summed E-state index contributed by atoms with van der Waals surface area (Å²) in [6.45, 7) is 1.49. The van der Waals surface area contributed by atoms with Crippen LogP contribution in [0.5, 0.6) is 0 Å². The fourth-order valence-corrected chi connectivity index (χ4v) is 1.52. The van der Waals surface area contributed by atoms with Gasteiger partial charge >= 0.3 is 12.0 Å². The molecule has 104 valence electrons. The minimum absolute atomic E-state index is 0.240. The van der Waals surface area contributed by atoms with Crippen molar-refractivity contribution in [2.24, 2.45) is 0 Å². The zero-order valence-corrected chi connectivity index (χ0v) is 10.1. The topological polar surface area (TPSA) is 72.2 Å². The smallest absolute Gasteiger partial charge is 0.399 e. The summed E-state index contributed by atoms with van der Waals surface area (Å²) in [5.41, 5.74) is 6.84. The molecule has 0 bridgehead atoms. The van der Waals surface area contributed by atoms with E-state index in [4.69, 9.17) is 5.73 Å². The minimum atomic E-state index is -5.16. The molecule has 0 saturated carbocycles. The first-order valence-electron chi connectivity index (χ1n) is 5.47. The number of carbonyl (C=O) groups excluding carboxylic acids is 2. The van der Waals surface area contributed by atoms with E-state index in [2.05, 4.69) is 0 Å². The van der Waals surface area contributed by atoms with Gasteiger partial charge in [0.05, 0.1) is 0 Å². The molecule has 0 aliphatic heterocycles. The molecule has 1 aromatic carbocycles. The van der Waals surface area contributed by atoms with Crippen LogP contribution in [0, 0.1) is 0 Å². The van der Waals surface area contributed by atoms with Crippen molar-refractivity contribution < 1.29 is 22.8 Å². The molecule has 0 saturated heterocycles. The monoisotopic (exact) mass is 274 g/mol. The quantitative estimate of drug-likeness (QED) is 0.644. The van der Waals surface area contributed by atoms with Crippen LogP contribution < -0.4 is 11.1 Å². The maximum atomic E-state index is 12.0. The maximum Gasteiger partial charge on any atom is 0.460 e. The van der Waals surface area contributed by atoms with Crippen molar-refractivity contribution in [3.63, 3.8) is 0 Å². The van der Waals surface area contributed by atoms with E-state index in [9.17, 15) is 22.8 Å². The highest BCUT2D eigenvalue weighted by atomic mass is 19.4. The van der Waals surface area contributed by atoms with Gasteiger partial charge in [0.2, 0.25) is 0 Å². The summed E-state index contributed by atoms with van der Waals surface area (Å²) in [4.78, 5) is 21.7. The summed E-state index contributed by atoms with van der Waals surface area (Å²) in [5.74, 6) is -4.06. The Labute approximate surface area is 107 Å². The van der Waals surface area contributed by atoms with Crippen LogP contribution in [-0.4, -0.2) is 23.9 Å². The van der Waals surface area contributed by atoms with E-state index in [0.717, 1.165) is 0 Å². The molecule has 1 atom stereocenters. The standard InChI is InChI=1S/C12H13F3N2O2/c1-7(6-8-4-2-3-5-9(8)16)17-11(19)10(18)12(13,14)15/h2-5,7H,6,16H2,1H3,(H,17,19).